The van der Waals surface area contributed by atoms with E-state index in [1.54, 1.807) is 6.92 Å². The Morgan fingerprint density at radius 1 is 1.22 bits per heavy atom. The SMILES string of the molecule is C[C@H](N)C(=O)NCCCCCc1ccccc1.Cl. The Balaban J connectivity index is 0.00000289. The van der Waals surface area contributed by atoms with Gasteiger partial charge in [-0.15, -0.1) is 12.4 Å². The topological polar surface area (TPSA) is 55.1 Å². The first kappa shape index (κ1) is 16.9. The molecule has 0 spiro atoms. The number of aryl methyl sites for hydroxylation is 1. The van der Waals surface area contributed by atoms with E-state index in [9.17, 15) is 4.79 Å². The number of unbranched alkanes of at least 4 members (excludes halogenated alkanes) is 2. The summed E-state index contributed by atoms with van der Waals surface area (Å²) in [6, 6.07) is 10.1. The molecule has 0 fully saturated rings. The molecule has 0 aliphatic rings. The van der Waals surface area contributed by atoms with E-state index in [-0.39, 0.29) is 18.3 Å². The summed E-state index contributed by atoms with van der Waals surface area (Å²) in [6.07, 6.45) is 4.43. The van der Waals surface area contributed by atoms with E-state index in [1.165, 1.54) is 5.56 Å². The summed E-state index contributed by atoms with van der Waals surface area (Å²) in [4.78, 5) is 11.2. The summed E-state index contributed by atoms with van der Waals surface area (Å²) >= 11 is 0. The summed E-state index contributed by atoms with van der Waals surface area (Å²) in [6.45, 7) is 2.43. The Kier molecular flexibility index (Phi) is 9.33. The Morgan fingerprint density at radius 3 is 2.50 bits per heavy atom. The fraction of sp³-hybridized carbons (Fsp3) is 0.500. The van der Waals surface area contributed by atoms with Crippen LogP contribution in [0.2, 0.25) is 0 Å². The molecule has 1 aromatic rings. The molecule has 1 amide bonds. The maximum absolute atomic E-state index is 11.2. The maximum atomic E-state index is 11.2. The van der Waals surface area contributed by atoms with Crippen molar-refractivity contribution in [3.63, 3.8) is 0 Å². The first-order valence-electron chi connectivity index (χ1n) is 6.27. The number of rotatable bonds is 7. The minimum atomic E-state index is -0.403. The van der Waals surface area contributed by atoms with Gasteiger partial charge >= 0.3 is 0 Å². The summed E-state index contributed by atoms with van der Waals surface area (Å²) < 4.78 is 0. The molecule has 18 heavy (non-hydrogen) atoms. The zero-order valence-electron chi connectivity index (χ0n) is 10.9. The number of nitrogens with one attached hydrogen (secondary N) is 1. The molecule has 0 aromatic heterocycles. The largest absolute Gasteiger partial charge is 0.355 e. The second-order valence-electron chi connectivity index (χ2n) is 4.38. The van der Waals surface area contributed by atoms with Gasteiger partial charge in [0.15, 0.2) is 0 Å². The molecule has 102 valence electrons. The average molecular weight is 271 g/mol. The van der Waals surface area contributed by atoms with Gasteiger partial charge in [0.1, 0.15) is 0 Å². The molecule has 4 heteroatoms. The molecule has 3 nitrogen and oxygen atoms in total. The van der Waals surface area contributed by atoms with Crippen molar-refractivity contribution >= 4 is 18.3 Å². The number of carbonyl (C=O) groups is 1. The van der Waals surface area contributed by atoms with E-state index in [0.29, 0.717) is 0 Å². The minimum absolute atomic E-state index is 0. The lowest BCUT2D eigenvalue weighted by Gasteiger charge is -2.07. The molecule has 0 unspecified atom stereocenters. The fourth-order valence-corrected chi connectivity index (χ4v) is 1.65. The van der Waals surface area contributed by atoms with Crippen molar-refractivity contribution < 1.29 is 4.79 Å². The normalized spacial score (nSPS) is 11.4. The van der Waals surface area contributed by atoms with Crippen molar-refractivity contribution in [1.82, 2.24) is 5.32 Å². The second kappa shape index (κ2) is 9.92. The van der Waals surface area contributed by atoms with Crippen LogP contribution in [0.25, 0.3) is 0 Å². The van der Waals surface area contributed by atoms with Crippen LogP contribution in [-0.4, -0.2) is 18.5 Å². The van der Waals surface area contributed by atoms with Crippen LogP contribution >= 0.6 is 12.4 Å². The predicted molar refractivity (Wildman–Crippen MR) is 77.9 cm³/mol. The summed E-state index contributed by atoms with van der Waals surface area (Å²) in [7, 11) is 0. The van der Waals surface area contributed by atoms with Crippen LogP contribution in [0, 0.1) is 0 Å². The van der Waals surface area contributed by atoms with E-state index in [1.807, 2.05) is 6.07 Å². The maximum Gasteiger partial charge on any atom is 0.236 e. The van der Waals surface area contributed by atoms with Crippen molar-refractivity contribution in [3.8, 4) is 0 Å². The number of benzene rings is 1. The molecule has 1 rings (SSSR count). The van der Waals surface area contributed by atoms with Gasteiger partial charge in [-0.3, -0.25) is 4.79 Å². The number of carbonyl (C=O) groups excluding carboxylic acids is 1. The van der Waals surface area contributed by atoms with Crippen LogP contribution in [0.15, 0.2) is 30.3 Å². The van der Waals surface area contributed by atoms with E-state index in [2.05, 4.69) is 29.6 Å². The molecule has 0 aliphatic carbocycles. The van der Waals surface area contributed by atoms with Crippen LogP contribution < -0.4 is 11.1 Å². The molecule has 1 atom stereocenters. The van der Waals surface area contributed by atoms with Crippen LogP contribution in [0.4, 0.5) is 0 Å². The van der Waals surface area contributed by atoms with Gasteiger partial charge in [0, 0.05) is 6.54 Å². The Morgan fingerprint density at radius 2 is 1.89 bits per heavy atom. The van der Waals surface area contributed by atoms with Gasteiger partial charge in [0.05, 0.1) is 6.04 Å². The number of hydrogen-bond acceptors (Lipinski definition) is 2. The highest BCUT2D eigenvalue weighted by Gasteiger charge is 2.04. The van der Waals surface area contributed by atoms with Gasteiger partial charge in [0.25, 0.3) is 0 Å². The lowest BCUT2D eigenvalue weighted by molar-refractivity contribution is -0.121. The van der Waals surface area contributed by atoms with E-state index < -0.39 is 6.04 Å². The molecule has 0 bridgehead atoms. The highest BCUT2D eigenvalue weighted by atomic mass is 35.5. The zero-order chi connectivity index (χ0) is 12.5. The van der Waals surface area contributed by atoms with Crippen LogP contribution in [-0.2, 0) is 11.2 Å². The molecule has 0 saturated carbocycles. The molecule has 0 aliphatic heterocycles. The molecular formula is C14H23ClN2O. The van der Waals surface area contributed by atoms with Gasteiger partial charge in [-0.2, -0.15) is 0 Å². The Bertz CT molecular complexity index is 328. The average Bonchev–Trinajstić information content (AvgIpc) is 2.34. The Labute approximate surface area is 116 Å². The number of halogens is 1. The van der Waals surface area contributed by atoms with Crippen molar-refractivity contribution in [3.05, 3.63) is 35.9 Å². The highest BCUT2D eigenvalue weighted by Crippen LogP contribution is 2.05. The zero-order valence-corrected chi connectivity index (χ0v) is 11.7. The molecule has 0 heterocycles. The monoisotopic (exact) mass is 270 g/mol. The third kappa shape index (κ3) is 7.30. The molecule has 0 saturated heterocycles. The van der Waals surface area contributed by atoms with Crippen LogP contribution in [0.1, 0.15) is 31.7 Å². The van der Waals surface area contributed by atoms with Gasteiger partial charge in [-0.05, 0) is 31.7 Å². The van der Waals surface area contributed by atoms with Gasteiger partial charge in [-0.1, -0.05) is 36.8 Å². The number of nitrogens with two attached hydrogens (primary N) is 1. The first-order chi connectivity index (χ1) is 8.20. The van der Waals surface area contributed by atoms with Gasteiger partial charge < -0.3 is 11.1 Å². The van der Waals surface area contributed by atoms with Gasteiger partial charge in [-0.25, -0.2) is 0 Å². The second-order valence-corrected chi connectivity index (χ2v) is 4.38. The number of hydrogen-bond donors (Lipinski definition) is 2. The van der Waals surface area contributed by atoms with Crippen LogP contribution in [0.5, 0.6) is 0 Å². The lowest BCUT2D eigenvalue weighted by Crippen LogP contribution is -2.38. The minimum Gasteiger partial charge on any atom is -0.355 e. The van der Waals surface area contributed by atoms with Crippen molar-refractivity contribution in [2.24, 2.45) is 5.73 Å². The summed E-state index contributed by atoms with van der Waals surface area (Å²) in [5.74, 6) is -0.0620. The Hall–Kier alpha value is -1.06. The van der Waals surface area contributed by atoms with E-state index >= 15 is 0 Å². The van der Waals surface area contributed by atoms with E-state index in [0.717, 1.165) is 32.2 Å². The van der Waals surface area contributed by atoms with Gasteiger partial charge in [0.2, 0.25) is 5.91 Å². The number of amides is 1. The van der Waals surface area contributed by atoms with E-state index in [4.69, 9.17) is 5.73 Å². The van der Waals surface area contributed by atoms with Crippen molar-refractivity contribution in [2.75, 3.05) is 6.54 Å². The highest BCUT2D eigenvalue weighted by molar-refractivity contribution is 5.85. The van der Waals surface area contributed by atoms with Crippen molar-refractivity contribution in [1.29, 1.82) is 0 Å². The third-order valence-corrected chi connectivity index (χ3v) is 2.70. The molecule has 1 aromatic carbocycles. The molecule has 3 N–H and O–H groups in total. The smallest absolute Gasteiger partial charge is 0.236 e. The van der Waals surface area contributed by atoms with Crippen LogP contribution in [0.3, 0.4) is 0 Å². The standard InChI is InChI=1S/C14H22N2O.ClH/c1-12(15)14(17)16-11-7-3-6-10-13-8-4-2-5-9-13;/h2,4-5,8-9,12H,3,6-7,10-11,15H2,1H3,(H,16,17);1H/t12-;/m0./s1. The molecule has 0 radical (unpaired) electrons. The predicted octanol–water partition coefficient (Wildman–Crippen LogP) is 2.28. The quantitative estimate of drug-likeness (QED) is 0.747. The third-order valence-electron chi connectivity index (χ3n) is 2.70. The van der Waals surface area contributed by atoms with Crippen molar-refractivity contribution in [2.45, 2.75) is 38.6 Å². The fourth-order valence-electron chi connectivity index (χ4n) is 1.65. The summed E-state index contributed by atoms with van der Waals surface area (Å²) in [5.41, 5.74) is 6.82. The summed E-state index contributed by atoms with van der Waals surface area (Å²) in [5, 5.41) is 2.82. The first-order valence-corrected chi connectivity index (χ1v) is 6.27. The molecular weight excluding hydrogens is 248 g/mol. The lowest BCUT2D eigenvalue weighted by atomic mass is 10.1.